The summed E-state index contributed by atoms with van der Waals surface area (Å²) in [4.78, 5) is 40.9. The van der Waals surface area contributed by atoms with Gasteiger partial charge in [0.1, 0.15) is 30.2 Å². The maximum atomic E-state index is 14.5. The molecule has 50 heavy (non-hydrogen) atoms. The van der Waals surface area contributed by atoms with Crippen LogP contribution >= 0.6 is 0 Å². The van der Waals surface area contributed by atoms with Gasteiger partial charge in [0.05, 0.1) is 43.0 Å². The van der Waals surface area contributed by atoms with Crippen molar-refractivity contribution >= 4 is 17.7 Å². The highest BCUT2D eigenvalue weighted by atomic mass is 16.7. The Morgan fingerprint density at radius 2 is 1.88 bits per heavy atom. The van der Waals surface area contributed by atoms with Crippen LogP contribution in [0.5, 0.6) is 0 Å². The molecule has 2 spiro atoms. The van der Waals surface area contributed by atoms with Gasteiger partial charge in [0.2, 0.25) is 0 Å². The van der Waals surface area contributed by atoms with Crippen molar-refractivity contribution in [1.82, 2.24) is 10.6 Å². The summed E-state index contributed by atoms with van der Waals surface area (Å²) in [6.07, 6.45) is 1.77. The molecule has 276 valence electrons. The fraction of sp³-hybridized carbons (Fsp3) is 0.811. The lowest BCUT2D eigenvalue weighted by Crippen LogP contribution is -2.76. The van der Waals surface area contributed by atoms with Crippen LogP contribution in [-0.4, -0.2) is 101 Å². The lowest BCUT2D eigenvalue weighted by molar-refractivity contribution is -0.252. The van der Waals surface area contributed by atoms with E-state index >= 15 is 0 Å². The Morgan fingerprint density at radius 3 is 2.62 bits per heavy atom. The zero-order chi connectivity index (χ0) is 35.4. The minimum atomic E-state index is -1.46. The summed E-state index contributed by atoms with van der Waals surface area (Å²) in [5, 5.41) is 39.8. The van der Waals surface area contributed by atoms with E-state index in [1.165, 1.54) is 0 Å². The number of aliphatic hydroxyl groups excluding tert-OH is 3. The molecule has 0 aromatic carbocycles. The number of carbonyl (C=O) groups excluding carboxylic acids is 3. The van der Waals surface area contributed by atoms with Crippen LogP contribution in [0.15, 0.2) is 16.7 Å². The molecule has 7 aliphatic rings. The molecule has 0 radical (unpaired) electrons. The predicted octanol–water partition coefficient (Wildman–Crippen LogP) is 1.70. The van der Waals surface area contributed by atoms with Crippen molar-refractivity contribution in [1.29, 1.82) is 0 Å². The number of aliphatic hydroxyl groups is 3. The number of fused-ring (bicyclic) bond motifs is 1. The van der Waals surface area contributed by atoms with Crippen LogP contribution in [0.2, 0.25) is 0 Å². The molecule has 1 aromatic heterocycles. The van der Waals surface area contributed by atoms with Crippen LogP contribution in [-0.2, 0) is 39.8 Å². The van der Waals surface area contributed by atoms with Gasteiger partial charge in [-0.3, -0.25) is 9.59 Å². The monoisotopic (exact) mass is 700 g/mol. The van der Waals surface area contributed by atoms with Gasteiger partial charge in [-0.05, 0) is 57.4 Å². The number of unbranched alkanes of at least 4 members (excludes halogenated alkanes) is 1. The van der Waals surface area contributed by atoms with Gasteiger partial charge in [-0.2, -0.15) is 0 Å². The molecule has 2 aliphatic carbocycles. The molecule has 5 saturated heterocycles. The largest absolute Gasteiger partial charge is 0.469 e. The van der Waals surface area contributed by atoms with Crippen molar-refractivity contribution in [3.05, 3.63) is 23.7 Å². The maximum Gasteiger partial charge on any atom is 0.339 e. The SMILES string of the molecule is CC1(C)OC2CC(=O)OCC23C1C(=O)C(O)C1(C)C3CCC2(C)C(c3ccoc3CC(CCCCC3CNCN3)C(O)CO)OC(=O)C3OC321. The van der Waals surface area contributed by atoms with Gasteiger partial charge in [-0.25, -0.2) is 4.79 Å². The minimum Gasteiger partial charge on any atom is -0.469 e. The molecule has 13 nitrogen and oxygen atoms in total. The average Bonchev–Trinajstić information content (AvgIpc) is 3.31. The molecular formula is C37H52N2O11. The first-order valence-corrected chi connectivity index (χ1v) is 18.5. The van der Waals surface area contributed by atoms with E-state index in [1.807, 2.05) is 27.7 Å². The lowest BCUT2D eigenvalue weighted by atomic mass is 9.36. The van der Waals surface area contributed by atoms with Crippen LogP contribution in [0.4, 0.5) is 0 Å². The Morgan fingerprint density at radius 1 is 1.08 bits per heavy atom. The molecule has 13 unspecified atom stereocenters. The number of carbonyl (C=O) groups is 3. The number of furan rings is 1. The van der Waals surface area contributed by atoms with Crippen LogP contribution in [0.25, 0.3) is 0 Å². The Labute approximate surface area is 292 Å². The van der Waals surface area contributed by atoms with E-state index in [2.05, 4.69) is 10.6 Å². The average molecular weight is 701 g/mol. The zero-order valence-corrected chi connectivity index (χ0v) is 29.4. The molecule has 0 amide bonds. The second-order valence-electron chi connectivity index (χ2n) is 17.1. The van der Waals surface area contributed by atoms with E-state index in [4.69, 9.17) is 23.4 Å². The van der Waals surface area contributed by atoms with Crippen LogP contribution in [0, 0.1) is 34.0 Å². The molecule has 2 saturated carbocycles. The number of nitrogens with one attached hydrogen (secondary N) is 2. The van der Waals surface area contributed by atoms with Crippen molar-refractivity contribution < 1.29 is 53.1 Å². The highest BCUT2D eigenvalue weighted by Crippen LogP contribution is 2.80. The number of Topliss-reactive ketones (excluding diaryl/α,β-unsaturated/α-hetero) is 1. The first-order valence-electron chi connectivity index (χ1n) is 18.5. The van der Waals surface area contributed by atoms with Crippen molar-refractivity contribution in [2.24, 2.45) is 34.0 Å². The normalized spacial score (nSPS) is 45.3. The van der Waals surface area contributed by atoms with E-state index < -0.39 is 69.9 Å². The number of ether oxygens (including phenoxy) is 4. The molecule has 0 bridgehead atoms. The lowest BCUT2D eigenvalue weighted by Gasteiger charge is -2.66. The highest BCUT2D eigenvalue weighted by Gasteiger charge is 2.90. The number of hydrogen-bond acceptors (Lipinski definition) is 13. The van der Waals surface area contributed by atoms with Gasteiger partial charge in [0.25, 0.3) is 0 Å². The van der Waals surface area contributed by atoms with E-state index in [0.29, 0.717) is 43.0 Å². The van der Waals surface area contributed by atoms with Gasteiger partial charge < -0.3 is 49.3 Å². The minimum absolute atomic E-state index is 0.00313. The standard InChI is InChI=1S/C37H52N2O11/c1-33(2)28-27(43)29(44)35(4)24(36(28)17-47-26(42)14-25(36)49-33)9-11-34(3)30(48-32(45)31-37(34,35)50-31)21-10-12-46-23(21)13-19(22(41)16-40)7-5-6-8-20-15-38-18-39-20/h10,12,19-20,22,24-25,28-31,38-41,44H,5-9,11,13-18H2,1-4H3. The fourth-order valence-electron chi connectivity index (χ4n) is 12.2. The van der Waals surface area contributed by atoms with Crippen LogP contribution in [0.1, 0.15) is 90.1 Å². The topological polar surface area (TPSA) is 189 Å². The number of esters is 2. The summed E-state index contributed by atoms with van der Waals surface area (Å²) in [7, 11) is 0. The van der Waals surface area contributed by atoms with E-state index in [9.17, 15) is 29.7 Å². The zero-order valence-electron chi connectivity index (χ0n) is 29.4. The fourth-order valence-corrected chi connectivity index (χ4v) is 12.2. The Hall–Kier alpha value is -2.39. The van der Waals surface area contributed by atoms with Crippen molar-refractivity contribution in [2.45, 2.75) is 127 Å². The van der Waals surface area contributed by atoms with E-state index in [-0.39, 0.29) is 43.2 Å². The second kappa shape index (κ2) is 11.8. The molecule has 8 rings (SSSR count). The van der Waals surface area contributed by atoms with Crippen LogP contribution < -0.4 is 10.6 Å². The quantitative estimate of drug-likeness (QED) is 0.135. The van der Waals surface area contributed by atoms with Gasteiger partial charge in [0, 0.05) is 47.5 Å². The molecule has 7 fully saturated rings. The molecule has 13 heteroatoms. The van der Waals surface area contributed by atoms with Crippen molar-refractivity contribution in [3.63, 3.8) is 0 Å². The van der Waals surface area contributed by atoms with Gasteiger partial charge in [-0.15, -0.1) is 0 Å². The van der Waals surface area contributed by atoms with Crippen LogP contribution in [0.3, 0.4) is 0 Å². The second-order valence-corrected chi connectivity index (χ2v) is 17.1. The summed E-state index contributed by atoms with van der Waals surface area (Å²) in [6.45, 7) is 8.96. The third-order valence-corrected chi connectivity index (χ3v) is 14.4. The first-order chi connectivity index (χ1) is 23.8. The molecular weight excluding hydrogens is 648 g/mol. The highest BCUT2D eigenvalue weighted by molar-refractivity contribution is 5.92. The summed E-state index contributed by atoms with van der Waals surface area (Å²) in [5.74, 6) is -2.09. The number of hydrogen-bond donors (Lipinski definition) is 5. The van der Waals surface area contributed by atoms with Gasteiger partial charge >= 0.3 is 11.9 Å². The summed E-state index contributed by atoms with van der Waals surface area (Å²) in [5.41, 5.74) is -4.51. The third-order valence-electron chi connectivity index (χ3n) is 14.4. The smallest absolute Gasteiger partial charge is 0.339 e. The number of epoxide rings is 1. The van der Waals surface area contributed by atoms with E-state index in [1.54, 1.807) is 12.3 Å². The Kier molecular flexibility index (Phi) is 8.19. The Balaban J connectivity index is 1.12. The van der Waals surface area contributed by atoms with E-state index in [0.717, 1.165) is 32.5 Å². The van der Waals surface area contributed by atoms with Gasteiger partial charge in [-0.1, -0.05) is 26.7 Å². The van der Waals surface area contributed by atoms with Gasteiger partial charge in [0.15, 0.2) is 11.9 Å². The Bertz CT molecular complexity index is 1540. The number of ketones is 1. The summed E-state index contributed by atoms with van der Waals surface area (Å²) < 4.78 is 31.1. The third kappa shape index (κ3) is 4.53. The number of cyclic esters (lactones) is 2. The molecule has 5 N–H and O–H groups in total. The number of rotatable bonds is 10. The molecule has 1 aromatic rings. The van der Waals surface area contributed by atoms with Crippen molar-refractivity contribution in [3.8, 4) is 0 Å². The first kappa shape index (κ1) is 34.7. The molecule has 5 aliphatic heterocycles. The summed E-state index contributed by atoms with van der Waals surface area (Å²) >= 11 is 0. The molecule has 13 atom stereocenters. The predicted molar refractivity (Wildman–Crippen MR) is 174 cm³/mol. The summed E-state index contributed by atoms with van der Waals surface area (Å²) in [6, 6.07) is 2.23. The van der Waals surface area contributed by atoms with Crippen molar-refractivity contribution in [2.75, 3.05) is 26.4 Å². The molecule has 6 heterocycles. The maximum absolute atomic E-state index is 14.5.